The minimum Gasteiger partial charge on any atom is -0.485 e. The number of rotatable bonds is 7. The van der Waals surface area contributed by atoms with Crippen LogP contribution >= 0.6 is 0 Å². The molecule has 9 heteroatoms. The molecular formula is C27H30N2O6S. The number of nitrogens with one attached hydrogen (secondary N) is 2. The van der Waals surface area contributed by atoms with Crippen LogP contribution in [0.5, 0.6) is 5.75 Å². The fraction of sp³-hybridized carbons (Fsp3) is 0.296. The fourth-order valence-electron chi connectivity index (χ4n) is 4.02. The number of anilines is 1. The first-order valence-corrected chi connectivity index (χ1v) is 13.1. The summed E-state index contributed by atoms with van der Waals surface area (Å²) in [6.07, 6.45) is -1.17. The van der Waals surface area contributed by atoms with E-state index >= 15 is 0 Å². The van der Waals surface area contributed by atoms with E-state index in [9.17, 15) is 18.3 Å². The van der Waals surface area contributed by atoms with Crippen molar-refractivity contribution in [1.82, 2.24) is 5.32 Å². The number of hydrogen-bond donors (Lipinski definition) is 3. The van der Waals surface area contributed by atoms with E-state index in [0.29, 0.717) is 23.4 Å². The fourth-order valence-corrected chi connectivity index (χ4v) is 5.07. The number of amides is 1. The van der Waals surface area contributed by atoms with Crippen LogP contribution in [0.3, 0.4) is 0 Å². The highest BCUT2D eigenvalue weighted by Gasteiger charge is 2.44. The zero-order valence-corrected chi connectivity index (χ0v) is 21.2. The van der Waals surface area contributed by atoms with Gasteiger partial charge < -0.3 is 19.9 Å². The lowest BCUT2D eigenvalue weighted by molar-refractivity contribution is -0.0636. The highest BCUT2D eigenvalue weighted by molar-refractivity contribution is 7.92. The number of aliphatic hydroxyl groups excluding tert-OH is 1. The Morgan fingerprint density at radius 3 is 2.44 bits per heavy atom. The van der Waals surface area contributed by atoms with Crippen molar-refractivity contribution < 1.29 is 27.8 Å². The van der Waals surface area contributed by atoms with Gasteiger partial charge in [-0.1, -0.05) is 54.1 Å². The summed E-state index contributed by atoms with van der Waals surface area (Å²) in [5.41, 5.74) is 1.76. The zero-order chi connectivity index (χ0) is 25.9. The second kappa shape index (κ2) is 10.2. The van der Waals surface area contributed by atoms with Crippen LogP contribution in [-0.4, -0.2) is 37.9 Å². The van der Waals surface area contributed by atoms with Gasteiger partial charge in [0.2, 0.25) is 0 Å². The Morgan fingerprint density at radius 1 is 1.06 bits per heavy atom. The van der Waals surface area contributed by atoms with E-state index in [4.69, 9.17) is 9.47 Å². The van der Waals surface area contributed by atoms with Gasteiger partial charge in [-0.25, -0.2) is 13.2 Å². The third-order valence-electron chi connectivity index (χ3n) is 6.07. The van der Waals surface area contributed by atoms with Crippen molar-refractivity contribution in [1.29, 1.82) is 0 Å². The molecule has 3 aromatic carbocycles. The molecule has 2 unspecified atom stereocenters. The average molecular weight is 511 g/mol. The molecule has 0 saturated carbocycles. The van der Waals surface area contributed by atoms with E-state index < -0.39 is 33.9 Å². The summed E-state index contributed by atoms with van der Waals surface area (Å²) < 4.78 is 39.5. The van der Waals surface area contributed by atoms with E-state index in [-0.39, 0.29) is 11.5 Å². The molecule has 3 aromatic rings. The number of alkyl carbamates (subject to hydrolysis) is 1. The van der Waals surface area contributed by atoms with Crippen molar-refractivity contribution in [2.45, 2.75) is 49.8 Å². The van der Waals surface area contributed by atoms with Gasteiger partial charge in [0.15, 0.2) is 0 Å². The van der Waals surface area contributed by atoms with Gasteiger partial charge in [-0.05, 0) is 44.5 Å². The third-order valence-corrected chi connectivity index (χ3v) is 7.47. The first-order valence-electron chi connectivity index (χ1n) is 11.6. The van der Waals surface area contributed by atoms with Crippen molar-refractivity contribution in [3.05, 3.63) is 89.5 Å². The number of sulfonamides is 1. The van der Waals surface area contributed by atoms with Gasteiger partial charge >= 0.3 is 6.09 Å². The van der Waals surface area contributed by atoms with Gasteiger partial charge in [0.25, 0.3) is 10.0 Å². The van der Waals surface area contributed by atoms with Crippen LogP contribution in [0.15, 0.2) is 77.7 Å². The number of aliphatic hydroxyl groups is 1. The van der Waals surface area contributed by atoms with Crippen molar-refractivity contribution in [3.63, 3.8) is 0 Å². The molecule has 1 amide bonds. The number of hydrogen-bond acceptors (Lipinski definition) is 6. The molecule has 190 valence electrons. The maximum atomic E-state index is 12.8. The Labute approximate surface area is 211 Å². The van der Waals surface area contributed by atoms with Gasteiger partial charge in [0.1, 0.15) is 17.5 Å². The minimum absolute atomic E-state index is 0.139. The highest BCUT2D eigenvalue weighted by atomic mass is 32.2. The monoisotopic (exact) mass is 510 g/mol. The van der Waals surface area contributed by atoms with Crippen molar-refractivity contribution in [2.75, 3.05) is 11.3 Å². The van der Waals surface area contributed by atoms with E-state index in [1.54, 1.807) is 44.2 Å². The molecule has 4 rings (SSSR count). The molecule has 3 N–H and O–H groups in total. The Hall–Kier alpha value is -3.56. The van der Waals surface area contributed by atoms with Gasteiger partial charge in [0.05, 0.1) is 23.2 Å². The second-order valence-corrected chi connectivity index (χ2v) is 11.0. The zero-order valence-electron chi connectivity index (χ0n) is 20.4. The Kier molecular flexibility index (Phi) is 7.23. The lowest BCUT2D eigenvalue weighted by Gasteiger charge is -2.42. The van der Waals surface area contributed by atoms with E-state index in [1.807, 2.05) is 37.3 Å². The third kappa shape index (κ3) is 5.80. The minimum atomic E-state index is -3.81. The highest BCUT2D eigenvalue weighted by Crippen LogP contribution is 2.41. The van der Waals surface area contributed by atoms with Crippen LogP contribution < -0.4 is 14.8 Å². The van der Waals surface area contributed by atoms with Crippen LogP contribution in [0.4, 0.5) is 10.5 Å². The van der Waals surface area contributed by atoms with E-state index in [0.717, 1.165) is 11.1 Å². The molecule has 1 aliphatic rings. The molecule has 0 saturated heterocycles. The summed E-state index contributed by atoms with van der Waals surface area (Å²) in [6, 6.07) is 20.1. The van der Waals surface area contributed by atoms with Gasteiger partial charge in [-0.2, -0.15) is 0 Å². The molecule has 1 heterocycles. The molecule has 0 fully saturated rings. The molecule has 36 heavy (non-hydrogen) atoms. The molecular weight excluding hydrogens is 480 g/mol. The SMILES string of the molecule is Cc1ccc(S(=O)(=O)Nc2ccc3c(c2)OC(C)(C)C(O)C3NC(=O)OCCc2ccccc2)cc1. The maximum absolute atomic E-state index is 12.8. The van der Waals surface area contributed by atoms with Gasteiger partial charge in [0, 0.05) is 18.1 Å². The van der Waals surface area contributed by atoms with Crippen LogP contribution in [0, 0.1) is 6.92 Å². The standard InChI is InChI=1S/C27H30N2O6S/c1-18-9-12-21(13-10-18)36(32,33)29-20-11-14-22-23(17-20)35-27(2,3)25(30)24(22)28-26(31)34-16-15-19-7-5-4-6-8-19/h4-14,17,24-25,29-30H,15-16H2,1-3H3,(H,28,31). The molecule has 1 aliphatic heterocycles. The van der Waals surface area contributed by atoms with Crippen LogP contribution in [-0.2, 0) is 21.2 Å². The first kappa shape index (κ1) is 25.5. The number of aryl methyl sites for hydroxylation is 1. The smallest absolute Gasteiger partial charge is 0.407 e. The predicted molar refractivity (Wildman–Crippen MR) is 137 cm³/mol. The maximum Gasteiger partial charge on any atom is 0.407 e. The van der Waals surface area contributed by atoms with Crippen LogP contribution in [0.25, 0.3) is 0 Å². The summed E-state index contributed by atoms with van der Waals surface area (Å²) in [7, 11) is -3.81. The van der Waals surface area contributed by atoms with E-state index in [2.05, 4.69) is 10.0 Å². The van der Waals surface area contributed by atoms with Gasteiger partial charge in [-0.15, -0.1) is 0 Å². The number of benzene rings is 3. The normalized spacial score (nSPS) is 18.4. The summed E-state index contributed by atoms with van der Waals surface area (Å²) in [4.78, 5) is 12.7. The van der Waals surface area contributed by atoms with Crippen LogP contribution in [0.2, 0.25) is 0 Å². The van der Waals surface area contributed by atoms with Crippen LogP contribution in [0.1, 0.15) is 36.6 Å². The quantitative estimate of drug-likeness (QED) is 0.436. The molecule has 0 aliphatic carbocycles. The summed E-state index contributed by atoms with van der Waals surface area (Å²) in [6.45, 7) is 5.45. The van der Waals surface area contributed by atoms with Crippen molar-refractivity contribution in [2.24, 2.45) is 0 Å². The summed E-state index contributed by atoms with van der Waals surface area (Å²) in [5, 5.41) is 13.7. The lowest BCUT2D eigenvalue weighted by atomic mass is 9.86. The van der Waals surface area contributed by atoms with Gasteiger partial charge in [-0.3, -0.25) is 4.72 Å². The number of carbonyl (C=O) groups is 1. The topological polar surface area (TPSA) is 114 Å². The Morgan fingerprint density at radius 2 is 1.75 bits per heavy atom. The molecule has 2 atom stereocenters. The Bertz CT molecular complexity index is 1320. The second-order valence-electron chi connectivity index (χ2n) is 9.32. The molecule has 0 spiro atoms. The van der Waals surface area contributed by atoms with E-state index in [1.165, 1.54) is 12.1 Å². The number of fused-ring (bicyclic) bond motifs is 1. The molecule has 0 aromatic heterocycles. The number of carbonyl (C=O) groups excluding carboxylic acids is 1. The van der Waals surface area contributed by atoms with Crippen molar-refractivity contribution in [3.8, 4) is 5.75 Å². The van der Waals surface area contributed by atoms with Crippen molar-refractivity contribution >= 4 is 21.8 Å². The summed E-state index contributed by atoms with van der Waals surface area (Å²) in [5.74, 6) is 0.351. The predicted octanol–water partition coefficient (Wildman–Crippen LogP) is 4.34. The molecule has 0 radical (unpaired) electrons. The summed E-state index contributed by atoms with van der Waals surface area (Å²) >= 11 is 0. The Balaban J connectivity index is 1.49. The number of ether oxygens (including phenoxy) is 2. The molecule has 0 bridgehead atoms. The largest absolute Gasteiger partial charge is 0.485 e. The lowest BCUT2D eigenvalue weighted by Crippen LogP contribution is -2.53. The molecule has 8 nitrogen and oxygen atoms in total. The first-order chi connectivity index (χ1) is 17.0. The average Bonchev–Trinajstić information content (AvgIpc) is 2.82.